The Hall–Kier alpha value is -1.89. The van der Waals surface area contributed by atoms with Gasteiger partial charge in [0.25, 0.3) is 0 Å². The number of aryl methyl sites for hydroxylation is 1. The number of anilines is 1. The highest BCUT2D eigenvalue weighted by atomic mass is 32.2. The van der Waals surface area contributed by atoms with E-state index in [1.54, 1.807) is 6.20 Å². The molecule has 1 atom stereocenters. The summed E-state index contributed by atoms with van der Waals surface area (Å²) in [7, 11) is 0. The molecule has 2 bridgehead atoms. The lowest BCUT2D eigenvalue weighted by Crippen LogP contribution is -2.38. The Bertz CT molecular complexity index is 680. The largest absolute Gasteiger partial charge is 0.311 e. The molecule has 1 aromatic rings. The Morgan fingerprint density at radius 3 is 3.29 bits per heavy atom. The van der Waals surface area contributed by atoms with Crippen molar-refractivity contribution in [3.05, 3.63) is 28.6 Å². The van der Waals surface area contributed by atoms with Crippen LogP contribution in [0.2, 0.25) is 0 Å². The first-order valence-electron chi connectivity index (χ1n) is 7.06. The van der Waals surface area contributed by atoms with Gasteiger partial charge in [-0.15, -0.1) is 11.8 Å². The highest BCUT2D eigenvalue weighted by Gasteiger charge is 2.48. The average Bonchev–Trinajstić information content (AvgIpc) is 3.02. The Balaban J connectivity index is 1.73. The lowest BCUT2D eigenvalue weighted by molar-refractivity contribution is 0.660. The molecule has 1 aliphatic carbocycles. The van der Waals surface area contributed by atoms with Crippen LogP contribution in [0.5, 0.6) is 0 Å². The molecule has 3 aliphatic rings. The van der Waals surface area contributed by atoms with E-state index < -0.39 is 0 Å². The minimum Gasteiger partial charge on any atom is -0.311 e. The van der Waals surface area contributed by atoms with Gasteiger partial charge in [-0.3, -0.25) is 10.4 Å². The normalized spacial score (nSPS) is 26.8. The fraction of sp³-hybridized carbons (Fsp3) is 0.429. The topological polar surface area (TPSA) is 74.6 Å². The van der Waals surface area contributed by atoms with Crippen molar-refractivity contribution in [3.8, 4) is 0 Å². The van der Waals surface area contributed by atoms with Crippen LogP contribution < -0.4 is 10.7 Å². The maximum absolute atomic E-state index is 4.76. The lowest BCUT2D eigenvalue weighted by atomic mass is 9.85. The van der Waals surface area contributed by atoms with E-state index in [1.165, 1.54) is 10.6 Å². The molecule has 0 radical (unpaired) electrons. The SMILES string of the molecule is Cc1ccnc(NC2=NCCSC3=C4NN=CC24CC3)n1. The number of rotatable bonds is 1. The zero-order chi connectivity index (χ0) is 14.3. The van der Waals surface area contributed by atoms with Crippen LogP contribution in [-0.4, -0.2) is 34.3 Å². The monoisotopic (exact) mass is 300 g/mol. The summed E-state index contributed by atoms with van der Waals surface area (Å²) in [4.78, 5) is 14.9. The maximum atomic E-state index is 4.76. The van der Waals surface area contributed by atoms with Crippen molar-refractivity contribution in [1.82, 2.24) is 15.4 Å². The molecule has 3 heterocycles. The third kappa shape index (κ3) is 2.03. The van der Waals surface area contributed by atoms with E-state index in [0.29, 0.717) is 5.95 Å². The second kappa shape index (κ2) is 4.84. The fourth-order valence-electron chi connectivity index (χ4n) is 2.98. The number of amidine groups is 1. The van der Waals surface area contributed by atoms with E-state index in [2.05, 4.69) is 25.8 Å². The number of aliphatic imine (C=N–C) groups is 1. The molecule has 4 rings (SSSR count). The van der Waals surface area contributed by atoms with Gasteiger partial charge in [0.2, 0.25) is 5.95 Å². The minimum absolute atomic E-state index is 0.240. The summed E-state index contributed by atoms with van der Waals surface area (Å²) >= 11 is 1.89. The Labute approximate surface area is 127 Å². The summed E-state index contributed by atoms with van der Waals surface area (Å²) in [5.74, 6) is 2.51. The molecule has 0 amide bonds. The predicted octanol–water partition coefficient (Wildman–Crippen LogP) is 1.92. The van der Waals surface area contributed by atoms with Gasteiger partial charge in [0.05, 0.1) is 12.2 Å². The van der Waals surface area contributed by atoms with Crippen molar-refractivity contribution in [3.63, 3.8) is 0 Å². The number of hydrogen-bond donors (Lipinski definition) is 2. The van der Waals surface area contributed by atoms with E-state index >= 15 is 0 Å². The molecule has 21 heavy (non-hydrogen) atoms. The van der Waals surface area contributed by atoms with Gasteiger partial charge in [-0.25, -0.2) is 9.97 Å². The second-order valence-corrected chi connectivity index (χ2v) is 6.55. The number of nitrogens with zero attached hydrogens (tertiary/aromatic N) is 4. The van der Waals surface area contributed by atoms with Crippen LogP contribution in [-0.2, 0) is 0 Å². The molecule has 0 saturated carbocycles. The Kier molecular flexibility index (Phi) is 2.95. The van der Waals surface area contributed by atoms with Gasteiger partial charge in [-0.05, 0) is 25.8 Å². The maximum Gasteiger partial charge on any atom is 0.228 e. The highest BCUT2D eigenvalue weighted by Crippen LogP contribution is 2.48. The van der Waals surface area contributed by atoms with Gasteiger partial charge in [0, 0.05) is 28.8 Å². The zero-order valence-electron chi connectivity index (χ0n) is 11.8. The molecule has 6 nitrogen and oxygen atoms in total. The molecule has 2 aliphatic heterocycles. The number of aromatic nitrogens is 2. The Morgan fingerprint density at radius 1 is 1.43 bits per heavy atom. The lowest BCUT2D eigenvalue weighted by Gasteiger charge is -2.26. The highest BCUT2D eigenvalue weighted by molar-refractivity contribution is 8.03. The number of nitrogens with one attached hydrogen (secondary N) is 2. The molecule has 2 N–H and O–H groups in total. The third-order valence-corrected chi connectivity index (χ3v) is 5.16. The van der Waals surface area contributed by atoms with Gasteiger partial charge in [-0.2, -0.15) is 5.10 Å². The summed E-state index contributed by atoms with van der Waals surface area (Å²) in [5.41, 5.74) is 5.06. The first-order valence-corrected chi connectivity index (χ1v) is 8.05. The molecule has 0 fully saturated rings. The average molecular weight is 300 g/mol. The van der Waals surface area contributed by atoms with Gasteiger partial charge in [-0.1, -0.05) is 0 Å². The predicted molar refractivity (Wildman–Crippen MR) is 85.5 cm³/mol. The fourth-order valence-corrected chi connectivity index (χ4v) is 4.03. The second-order valence-electron chi connectivity index (χ2n) is 5.36. The Morgan fingerprint density at radius 2 is 2.38 bits per heavy atom. The van der Waals surface area contributed by atoms with Crippen molar-refractivity contribution >= 4 is 29.8 Å². The summed E-state index contributed by atoms with van der Waals surface area (Å²) in [5, 5.41) is 7.62. The van der Waals surface area contributed by atoms with Crippen molar-refractivity contribution in [2.24, 2.45) is 15.5 Å². The van der Waals surface area contributed by atoms with Crippen LogP contribution >= 0.6 is 11.8 Å². The van der Waals surface area contributed by atoms with Crippen molar-refractivity contribution in [2.75, 3.05) is 17.6 Å². The van der Waals surface area contributed by atoms with Gasteiger partial charge < -0.3 is 5.32 Å². The van der Waals surface area contributed by atoms with Crippen LogP contribution in [0.3, 0.4) is 0 Å². The number of thioether (sulfide) groups is 1. The number of hydrogen-bond acceptors (Lipinski definition) is 7. The van der Waals surface area contributed by atoms with Crippen molar-refractivity contribution in [1.29, 1.82) is 0 Å². The van der Waals surface area contributed by atoms with Crippen LogP contribution in [0, 0.1) is 12.3 Å². The zero-order valence-corrected chi connectivity index (χ0v) is 12.6. The van der Waals surface area contributed by atoms with E-state index in [4.69, 9.17) is 4.99 Å². The molecule has 0 aromatic carbocycles. The molecular weight excluding hydrogens is 284 g/mol. The van der Waals surface area contributed by atoms with E-state index in [9.17, 15) is 0 Å². The molecule has 0 saturated heterocycles. The smallest absolute Gasteiger partial charge is 0.228 e. The van der Waals surface area contributed by atoms with Crippen molar-refractivity contribution in [2.45, 2.75) is 19.8 Å². The van der Waals surface area contributed by atoms with Gasteiger partial charge >= 0.3 is 0 Å². The third-order valence-electron chi connectivity index (χ3n) is 4.02. The van der Waals surface area contributed by atoms with Gasteiger partial charge in [0.15, 0.2) is 0 Å². The van der Waals surface area contributed by atoms with E-state index in [0.717, 1.165) is 36.7 Å². The van der Waals surface area contributed by atoms with Crippen LogP contribution in [0.25, 0.3) is 0 Å². The van der Waals surface area contributed by atoms with Crippen LogP contribution in [0.4, 0.5) is 5.95 Å². The molecule has 108 valence electrons. The van der Waals surface area contributed by atoms with Crippen molar-refractivity contribution < 1.29 is 0 Å². The summed E-state index contributed by atoms with van der Waals surface area (Å²) in [6, 6.07) is 1.89. The minimum atomic E-state index is -0.240. The first kappa shape index (κ1) is 12.8. The summed E-state index contributed by atoms with van der Waals surface area (Å²) in [6.07, 6.45) is 5.82. The van der Waals surface area contributed by atoms with Crippen LogP contribution in [0.15, 0.2) is 33.0 Å². The molecular formula is C14H16N6S. The standard InChI is InChI=1S/C14H16N6S/c1-9-3-5-16-13(18-9)19-12-14-4-2-10(21-7-6-15-12)11(14)20-17-8-14/h3,5,8,20H,2,4,6-7H2,1H3,(H,15,16,18,19). The first-order chi connectivity index (χ1) is 10.3. The molecule has 0 spiro atoms. The molecule has 7 heteroatoms. The van der Waals surface area contributed by atoms with Gasteiger partial charge in [0.1, 0.15) is 11.3 Å². The van der Waals surface area contributed by atoms with E-state index in [-0.39, 0.29) is 5.41 Å². The summed E-state index contributed by atoms with van der Waals surface area (Å²) in [6.45, 7) is 2.75. The summed E-state index contributed by atoms with van der Waals surface area (Å²) < 4.78 is 0. The number of hydrazone groups is 1. The van der Waals surface area contributed by atoms with E-state index in [1.807, 2.05) is 31.0 Å². The molecule has 1 aromatic heterocycles. The quantitative estimate of drug-likeness (QED) is 0.829. The number of allylic oxidation sites excluding steroid dienone is 1. The molecule has 1 unspecified atom stereocenters. The van der Waals surface area contributed by atoms with Crippen LogP contribution in [0.1, 0.15) is 18.5 Å².